The van der Waals surface area contributed by atoms with Gasteiger partial charge in [0.1, 0.15) is 5.82 Å². The summed E-state index contributed by atoms with van der Waals surface area (Å²) in [6.07, 6.45) is 0. The van der Waals surface area contributed by atoms with Crippen LogP contribution in [0.25, 0.3) is 11.1 Å². The normalized spacial score (nSPS) is 10.7. The van der Waals surface area contributed by atoms with E-state index in [0.29, 0.717) is 11.1 Å². The first kappa shape index (κ1) is 12.6. The molecule has 0 amide bonds. The summed E-state index contributed by atoms with van der Waals surface area (Å²) in [6, 6.07) is 7.06. The summed E-state index contributed by atoms with van der Waals surface area (Å²) in [5.74, 6) is -2.39. The van der Waals surface area contributed by atoms with Gasteiger partial charge in [-0.3, -0.25) is 0 Å². The van der Waals surface area contributed by atoms with Crippen molar-refractivity contribution in [1.82, 2.24) is 0 Å². The van der Waals surface area contributed by atoms with E-state index < -0.39 is 17.5 Å². The van der Waals surface area contributed by atoms with E-state index in [9.17, 15) is 13.2 Å². The van der Waals surface area contributed by atoms with Gasteiger partial charge in [0.15, 0.2) is 11.6 Å². The van der Waals surface area contributed by atoms with Gasteiger partial charge in [0, 0.05) is 17.7 Å². The Hall–Kier alpha value is -1.81. The maximum Gasteiger partial charge on any atom is 0.166 e. The van der Waals surface area contributed by atoms with Crippen molar-refractivity contribution in [3.8, 4) is 11.1 Å². The van der Waals surface area contributed by atoms with Crippen molar-refractivity contribution in [3.63, 3.8) is 0 Å². The van der Waals surface area contributed by atoms with Gasteiger partial charge in [-0.05, 0) is 24.1 Å². The summed E-state index contributed by atoms with van der Waals surface area (Å²) in [5.41, 5.74) is 6.23. The van der Waals surface area contributed by atoms with Crippen LogP contribution < -0.4 is 5.73 Å². The summed E-state index contributed by atoms with van der Waals surface area (Å²) < 4.78 is 40.7. The summed E-state index contributed by atoms with van der Waals surface area (Å²) in [5, 5.41) is 0. The molecule has 1 nitrogen and oxygen atoms in total. The second kappa shape index (κ2) is 4.82. The Bertz CT molecular complexity index is 594. The average Bonchev–Trinajstić information content (AvgIpc) is 2.36. The molecule has 18 heavy (non-hydrogen) atoms. The van der Waals surface area contributed by atoms with Gasteiger partial charge in [-0.25, -0.2) is 13.2 Å². The van der Waals surface area contributed by atoms with E-state index in [4.69, 9.17) is 5.73 Å². The van der Waals surface area contributed by atoms with Crippen LogP contribution in [-0.2, 0) is 6.54 Å². The van der Waals surface area contributed by atoms with Crippen LogP contribution in [0.5, 0.6) is 0 Å². The third kappa shape index (κ3) is 2.11. The molecule has 0 spiro atoms. The van der Waals surface area contributed by atoms with Gasteiger partial charge in [0.05, 0.1) is 0 Å². The molecule has 4 heteroatoms. The Labute approximate surface area is 103 Å². The molecule has 0 saturated carbocycles. The molecule has 0 saturated heterocycles. The molecule has 2 N–H and O–H groups in total. The third-order valence-corrected chi connectivity index (χ3v) is 2.86. The smallest absolute Gasteiger partial charge is 0.166 e. The second-order valence-corrected chi connectivity index (χ2v) is 4.07. The predicted octanol–water partition coefficient (Wildman–Crippen LogP) is 3.54. The van der Waals surface area contributed by atoms with E-state index in [1.807, 2.05) is 0 Å². The van der Waals surface area contributed by atoms with Gasteiger partial charge in [-0.2, -0.15) is 0 Å². The van der Waals surface area contributed by atoms with E-state index in [1.54, 1.807) is 0 Å². The fraction of sp³-hybridized carbons (Fsp3) is 0.143. The minimum Gasteiger partial charge on any atom is -0.326 e. The van der Waals surface area contributed by atoms with Crippen LogP contribution >= 0.6 is 0 Å². The topological polar surface area (TPSA) is 26.0 Å². The number of rotatable bonds is 2. The molecular formula is C14H12F3N. The van der Waals surface area contributed by atoms with Gasteiger partial charge in [-0.1, -0.05) is 24.3 Å². The van der Waals surface area contributed by atoms with Crippen LogP contribution in [-0.4, -0.2) is 0 Å². The van der Waals surface area contributed by atoms with Crippen LogP contribution in [0.3, 0.4) is 0 Å². The Morgan fingerprint density at radius 3 is 2.33 bits per heavy atom. The Morgan fingerprint density at radius 1 is 1.00 bits per heavy atom. The van der Waals surface area contributed by atoms with Gasteiger partial charge in [0.25, 0.3) is 0 Å². The molecule has 0 aliphatic rings. The van der Waals surface area contributed by atoms with Gasteiger partial charge in [-0.15, -0.1) is 0 Å². The quantitative estimate of drug-likeness (QED) is 0.868. The largest absolute Gasteiger partial charge is 0.326 e. The zero-order valence-corrected chi connectivity index (χ0v) is 9.81. The predicted molar refractivity (Wildman–Crippen MR) is 64.4 cm³/mol. The summed E-state index contributed by atoms with van der Waals surface area (Å²) in [7, 11) is 0. The zero-order chi connectivity index (χ0) is 13.3. The monoisotopic (exact) mass is 251 g/mol. The van der Waals surface area contributed by atoms with E-state index in [0.717, 1.165) is 6.07 Å². The number of aryl methyl sites for hydroxylation is 1. The molecule has 0 atom stereocenters. The highest BCUT2D eigenvalue weighted by atomic mass is 19.2. The number of hydrogen-bond donors (Lipinski definition) is 1. The van der Waals surface area contributed by atoms with Crippen molar-refractivity contribution < 1.29 is 13.2 Å². The third-order valence-electron chi connectivity index (χ3n) is 2.86. The molecule has 2 rings (SSSR count). The maximum atomic E-state index is 13.7. The molecule has 0 aromatic heterocycles. The van der Waals surface area contributed by atoms with E-state index >= 15 is 0 Å². The minimum absolute atomic E-state index is 0.0422. The fourth-order valence-electron chi connectivity index (χ4n) is 1.75. The summed E-state index contributed by atoms with van der Waals surface area (Å²) in [6.45, 7) is 1.54. The zero-order valence-electron chi connectivity index (χ0n) is 9.81. The first-order valence-corrected chi connectivity index (χ1v) is 5.48. The van der Waals surface area contributed by atoms with Gasteiger partial charge < -0.3 is 5.73 Å². The van der Waals surface area contributed by atoms with E-state index in [-0.39, 0.29) is 17.7 Å². The lowest BCUT2D eigenvalue weighted by Gasteiger charge is -2.08. The molecule has 0 bridgehead atoms. The molecule has 2 aromatic carbocycles. The van der Waals surface area contributed by atoms with Crippen molar-refractivity contribution in [2.75, 3.05) is 0 Å². The Morgan fingerprint density at radius 2 is 1.72 bits per heavy atom. The lowest BCUT2D eigenvalue weighted by molar-refractivity contribution is 0.505. The molecule has 0 fully saturated rings. The van der Waals surface area contributed by atoms with Crippen molar-refractivity contribution in [2.45, 2.75) is 13.5 Å². The highest BCUT2D eigenvalue weighted by Crippen LogP contribution is 2.27. The fourth-order valence-corrected chi connectivity index (χ4v) is 1.75. The van der Waals surface area contributed by atoms with E-state index in [2.05, 4.69) is 0 Å². The highest BCUT2D eigenvalue weighted by Gasteiger charge is 2.13. The SMILES string of the molecule is Cc1ccc(-c2ccc(CN)c(F)c2)c(F)c1F. The number of halogens is 3. The molecule has 0 aliphatic carbocycles. The van der Waals surface area contributed by atoms with Crippen LogP contribution in [0, 0.1) is 24.4 Å². The lowest BCUT2D eigenvalue weighted by Crippen LogP contribution is -2.00. The molecule has 2 aromatic rings. The maximum absolute atomic E-state index is 13.7. The molecular weight excluding hydrogens is 239 g/mol. The first-order chi connectivity index (χ1) is 8.54. The second-order valence-electron chi connectivity index (χ2n) is 4.07. The van der Waals surface area contributed by atoms with Crippen LogP contribution in [0.4, 0.5) is 13.2 Å². The van der Waals surface area contributed by atoms with Gasteiger partial charge in [0.2, 0.25) is 0 Å². The molecule has 0 aliphatic heterocycles. The van der Waals surface area contributed by atoms with Crippen molar-refractivity contribution in [1.29, 1.82) is 0 Å². The average molecular weight is 251 g/mol. The molecule has 0 heterocycles. The number of benzene rings is 2. The van der Waals surface area contributed by atoms with Crippen molar-refractivity contribution in [3.05, 3.63) is 58.9 Å². The highest BCUT2D eigenvalue weighted by molar-refractivity contribution is 5.65. The Kier molecular flexibility index (Phi) is 3.39. The van der Waals surface area contributed by atoms with Crippen molar-refractivity contribution >= 4 is 0 Å². The summed E-state index contributed by atoms with van der Waals surface area (Å²) in [4.78, 5) is 0. The molecule has 0 unspecified atom stereocenters. The van der Waals surface area contributed by atoms with E-state index in [1.165, 1.54) is 31.2 Å². The van der Waals surface area contributed by atoms with Crippen molar-refractivity contribution in [2.24, 2.45) is 5.73 Å². The molecule has 94 valence electrons. The number of nitrogens with two attached hydrogens (primary N) is 1. The minimum atomic E-state index is -0.963. The lowest BCUT2D eigenvalue weighted by atomic mass is 10.0. The van der Waals surface area contributed by atoms with Crippen LogP contribution in [0.1, 0.15) is 11.1 Å². The molecule has 0 radical (unpaired) electrons. The summed E-state index contributed by atoms with van der Waals surface area (Å²) >= 11 is 0. The number of hydrogen-bond acceptors (Lipinski definition) is 1. The van der Waals surface area contributed by atoms with Crippen LogP contribution in [0.2, 0.25) is 0 Å². The Balaban J connectivity index is 2.56. The van der Waals surface area contributed by atoms with Crippen LogP contribution in [0.15, 0.2) is 30.3 Å². The first-order valence-electron chi connectivity index (χ1n) is 5.48. The standard InChI is InChI=1S/C14H12F3N/c1-8-2-5-11(14(17)13(8)16)9-3-4-10(7-18)12(15)6-9/h2-6H,7,18H2,1H3. The van der Waals surface area contributed by atoms with Gasteiger partial charge >= 0.3 is 0 Å².